The maximum Gasteiger partial charge on any atom is 0.191 e. The summed E-state index contributed by atoms with van der Waals surface area (Å²) in [5.41, 5.74) is 2.39. The van der Waals surface area contributed by atoms with E-state index in [9.17, 15) is 0 Å². The third-order valence-electron chi connectivity index (χ3n) is 5.22. The highest BCUT2D eigenvalue weighted by atomic mass is 16.5. The van der Waals surface area contributed by atoms with Crippen molar-refractivity contribution < 1.29 is 4.74 Å². The third-order valence-corrected chi connectivity index (χ3v) is 5.22. The fraction of sp³-hybridized carbons (Fsp3) is 0.591. The van der Waals surface area contributed by atoms with Crippen LogP contribution < -0.4 is 15.4 Å². The number of nitrogens with one attached hydrogen (secondary N) is 2. The second-order valence-electron chi connectivity index (χ2n) is 7.92. The van der Waals surface area contributed by atoms with Crippen LogP contribution in [0.5, 0.6) is 5.75 Å². The van der Waals surface area contributed by atoms with Gasteiger partial charge in [0.05, 0.1) is 13.7 Å². The van der Waals surface area contributed by atoms with Crippen molar-refractivity contribution in [3.8, 4) is 5.75 Å². The van der Waals surface area contributed by atoms with Crippen molar-refractivity contribution in [2.75, 3.05) is 20.2 Å². The van der Waals surface area contributed by atoms with Crippen molar-refractivity contribution >= 4 is 5.96 Å². The molecular formula is C22H34N6O. The minimum atomic E-state index is 0.307. The van der Waals surface area contributed by atoms with Crippen LogP contribution in [-0.4, -0.2) is 47.0 Å². The molecule has 7 nitrogen and oxygen atoms in total. The number of aliphatic imine (C=N–C) groups is 1. The number of benzene rings is 1. The van der Waals surface area contributed by atoms with Gasteiger partial charge in [0, 0.05) is 31.5 Å². The molecule has 0 saturated carbocycles. The fourth-order valence-electron chi connectivity index (χ4n) is 3.52. The van der Waals surface area contributed by atoms with Crippen LogP contribution >= 0.6 is 0 Å². The van der Waals surface area contributed by atoms with E-state index in [0.29, 0.717) is 12.0 Å². The van der Waals surface area contributed by atoms with Crippen LogP contribution in [0, 0.1) is 6.92 Å². The number of nitrogens with zero attached hydrogens (tertiary/aromatic N) is 4. The van der Waals surface area contributed by atoms with Crippen molar-refractivity contribution in [3.63, 3.8) is 0 Å². The smallest absolute Gasteiger partial charge is 0.191 e. The zero-order valence-electron chi connectivity index (χ0n) is 18.3. The summed E-state index contributed by atoms with van der Waals surface area (Å²) in [4.78, 5) is 9.45. The second kappa shape index (κ2) is 9.76. The molecule has 1 aromatic carbocycles. The minimum absolute atomic E-state index is 0.307. The molecule has 2 N–H and O–H groups in total. The molecule has 1 atom stereocenters. The normalized spacial score (nSPS) is 16.6. The van der Waals surface area contributed by atoms with Gasteiger partial charge in [-0.3, -0.25) is 4.99 Å². The average molecular weight is 399 g/mol. The SMILES string of the molecule is CCNC(=NCCc1ccc(C)c(OC)c1)NC1CCc2nc(C(C)C)nn2C1. The Bertz CT molecular complexity index is 842. The van der Waals surface area contributed by atoms with Gasteiger partial charge in [-0.25, -0.2) is 9.67 Å². The van der Waals surface area contributed by atoms with E-state index < -0.39 is 0 Å². The summed E-state index contributed by atoms with van der Waals surface area (Å²) in [6, 6.07) is 6.66. The van der Waals surface area contributed by atoms with Gasteiger partial charge >= 0.3 is 0 Å². The molecule has 0 bridgehead atoms. The fourth-order valence-corrected chi connectivity index (χ4v) is 3.52. The third kappa shape index (κ3) is 5.49. The Kier molecular flexibility index (Phi) is 7.12. The molecule has 1 aliphatic rings. The molecule has 1 aromatic heterocycles. The van der Waals surface area contributed by atoms with Gasteiger partial charge in [-0.1, -0.05) is 26.0 Å². The summed E-state index contributed by atoms with van der Waals surface area (Å²) >= 11 is 0. The van der Waals surface area contributed by atoms with Crippen LogP contribution in [0.25, 0.3) is 0 Å². The van der Waals surface area contributed by atoms with Crippen molar-refractivity contribution in [1.29, 1.82) is 0 Å². The molecule has 3 rings (SSSR count). The van der Waals surface area contributed by atoms with E-state index in [-0.39, 0.29) is 0 Å². The molecular weight excluding hydrogens is 364 g/mol. The summed E-state index contributed by atoms with van der Waals surface area (Å²) in [6.45, 7) is 10.8. The molecule has 158 valence electrons. The van der Waals surface area contributed by atoms with Crippen LogP contribution in [-0.2, 0) is 19.4 Å². The second-order valence-corrected chi connectivity index (χ2v) is 7.92. The lowest BCUT2D eigenvalue weighted by molar-refractivity contribution is 0.391. The first kappa shape index (κ1) is 21.1. The predicted molar refractivity (Wildman–Crippen MR) is 117 cm³/mol. The maximum absolute atomic E-state index is 5.42. The number of methoxy groups -OCH3 is 1. The summed E-state index contributed by atoms with van der Waals surface area (Å²) in [5, 5.41) is 11.6. The highest BCUT2D eigenvalue weighted by Gasteiger charge is 2.23. The van der Waals surface area contributed by atoms with Crippen LogP contribution in [0.2, 0.25) is 0 Å². The molecule has 0 saturated heterocycles. The zero-order valence-corrected chi connectivity index (χ0v) is 18.3. The Balaban J connectivity index is 1.59. The van der Waals surface area contributed by atoms with E-state index in [0.717, 1.165) is 67.8 Å². The van der Waals surface area contributed by atoms with Gasteiger partial charge < -0.3 is 15.4 Å². The Hall–Kier alpha value is -2.57. The van der Waals surface area contributed by atoms with Crippen molar-refractivity contribution in [1.82, 2.24) is 25.4 Å². The van der Waals surface area contributed by atoms with Crippen molar-refractivity contribution in [2.24, 2.45) is 4.99 Å². The minimum Gasteiger partial charge on any atom is -0.496 e. The molecule has 1 unspecified atom stereocenters. The summed E-state index contributed by atoms with van der Waals surface area (Å²) in [6.07, 6.45) is 2.86. The van der Waals surface area contributed by atoms with Gasteiger partial charge in [0.2, 0.25) is 0 Å². The molecule has 1 aliphatic heterocycles. The highest BCUT2D eigenvalue weighted by molar-refractivity contribution is 5.80. The highest BCUT2D eigenvalue weighted by Crippen LogP contribution is 2.19. The Morgan fingerprint density at radius 3 is 2.93 bits per heavy atom. The summed E-state index contributed by atoms with van der Waals surface area (Å²) < 4.78 is 7.48. The van der Waals surface area contributed by atoms with E-state index in [1.807, 2.05) is 0 Å². The van der Waals surface area contributed by atoms with Gasteiger partial charge in [0.15, 0.2) is 11.8 Å². The number of fused-ring (bicyclic) bond motifs is 1. The standard InChI is InChI=1S/C22H34N6O/c1-6-23-22(24-12-11-17-8-7-16(4)19(13-17)29-5)25-18-9-10-20-26-21(15(2)3)27-28(20)14-18/h7-8,13,15,18H,6,9-12,14H2,1-5H3,(H2,23,24,25). The number of hydrogen-bond acceptors (Lipinski definition) is 4. The number of hydrogen-bond donors (Lipinski definition) is 2. The van der Waals surface area contributed by atoms with Crippen molar-refractivity contribution in [2.45, 2.75) is 65.5 Å². The first-order valence-corrected chi connectivity index (χ1v) is 10.6. The monoisotopic (exact) mass is 398 g/mol. The molecule has 2 aromatic rings. The molecule has 0 aliphatic carbocycles. The van der Waals surface area contributed by atoms with Gasteiger partial charge in [0.25, 0.3) is 0 Å². The van der Waals surface area contributed by atoms with E-state index in [4.69, 9.17) is 9.73 Å². The lowest BCUT2D eigenvalue weighted by atomic mass is 10.1. The first-order valence-electron chi connectivity index (χ1n) is 10.6. The number of rotatable bonds is 7. The Labute approximate surface area is 174 Å². The van der Waals surface area contributed by atoms with E-state index in [2.05, 4.69) is 71.3 Å². The Morgan fingerprint density at radius 1 is 1.38 bits per heavy atom. The molecule has 7 heteroatoms. The maximum atomic E-state index is 5.42. The van der Waals surface area contributed by atoms with Gasteiger partial charge in [-0.05, 0) is 43.9 Å². The van der Waals surface area contributed by atoms with E-state index in [1.165, 1.54) is 5.56 Å². The number of guanidine groups is 1. The van der Waals surface area contributed by atoms with E-state index >= 15 is 0 Å². The largest absolute Gasteiger partial charge is 0.496 e. The predicted octanol–water partition coefficient (Wildman–Crippen LogP) is 2.83. The molecule has 0 amide bonds. The quantitative estimate of drug-likeness (QED) is 0.554. The summed E-state index contributed by atoms with van der Waals surface area (Å²) in [7, 11) is 1.71. The summed E-state index contributed by atoms with van der Waals surface area (Å²) in [5.74, 6) is 4.20. The molecule has 2 heterocycles. The molecule has 0 fully saturated rings. The van der Waals surface area contributed by atoms with Crippen LogP contribution in [0.4, 0.5) is 0 Å². The van der Waals surface area contributed by atoms with Crippen molar-refractivity contribution in [3.05, 3.63) is 41.0 Å². The molecule has 29 heavy (non-hydrogen) atoms. The van der Waals surface area contributed by atoms with Crippen LogP contribution in [0.3, 0.4) is 0 Å². The zero-order chi connectivity index (χ0) is 20.8. The number of aryl methyl sites for hydroxylation is 2. The van der Waals surface area contributed by atoms with E-state index in [1.54, 1.807) is 7.11 Å². The average Bonchev–Trinajstić information content (AvgIpc) is 3.13. The lowest BCUT2D eigenvalue weighted by Crippen LogP contribution is -2.47. The number of ether oxygens (including phenoxy) is 1. The topological polar surface area (TPSA) is 76.4 Å². The van der Waals surface area contributed by atoms with Gasteiger partial charge in [0.1, 0.15) is 11.6 Å². The Morgan fingerprint density at radius 2 is 2.21 bits per heavy atom. The van der Waals surface area contributed by atoms with Gasteiger partial charge in [-0.2, -0.15) is 5.10 Å². The molecule has 0 radical (unpaired) electrons. The lowest BCUT2D eigenvalue weighted by Gasteiger charge is -2.25. The first-order chi connectivity index (χ1) is 14.0. The van der Waals surface area contributed by atoms with Crippen LogP contribution in [0.15, 0.2) is 23.2 Å². The molecule has 0 spiro atoms. The number of aromatic nitrogens is 3. The van der Waals surface area contributed by atoms with Gasteiger partial charge in [-0.15, -0.1) is 0 Å². The van der Waals surface area contributed by atoms with Crippen LogP contribution in [0.1, 0.15) is 55.9 Å².